The number of hydrogen-bond acceptors (Lipinski definition) is 6. The van der Waals surface area contributed by atoms with Crippen molar-refractivity contribution in [3.8, 4) is 27.8 Å². The van der Waals surface area contributed by atoms with Crippen molar-refractivity contribution in [2.24, 2.45) is 0 Å². The second-order valence-electron chi connectivity index (χ2n) is 5.19. The van der Waals surface area contributed by atoms with Crippen LogP contribution in [0.2, 0.25) is 0 Å². The molecule has 0 aliphatic rings. The highest BCUT2D eigenvalue weighted by Gasteiger charge is 2.10. The number of carbonyl (C=O) groups is 1. The second-order valence-corrected chi connectivity index (χ2v) is 6.05. The molecule has 2 aromatic carbocycles. The number of carbonyl (C=O) groups excluding carboxylic acids is 1. The van der Waals surface area contributed by atoms with Crippen molar-refractivity contribution in [3.05, 3.63) is 59.1 Å². The number of benzene rings is 2. The zero-order chi connectivity index (χ0) is 17.6. The first kappa shape index (κ1) is 17.0. The Morgan fingerprint density at radius 2 is 1.80 bits per heavy atom. The molecule has 0 bridgehead atoms. The van der Waals surface area contributed by atoms with Crippen molar-refractivity contribution in [2.45, 2.75) is 6.61 Å². The third kappa shape index (κ3) is 3.97. The average molecular weight is 355 g/mol. The Morgan fingerprint density at radius 1 is 1.04 bits per heavy atom. The maximum absolute atomic E-state index is 10.7. The molecule has 0 fully saturated rings. The molecule has 5 nitrogen and oxygen atoms in total. The van der Waals surface area contributed by atoms with Crippen molar-refractivity contribution < 1.29 is 19.0 Å². The Bertz CT molecular complexity index is 858. The van der Waals surface area contributed by atoms with Gasteiger partial charge in [-0.2, -0.15) is 0 Å². The molecule has 0 amide bonds. The molecule has 0 unspecified atom stereocenters. The minimum absolute atomic E-state index is 0.365. The number of aromatic nitrogens is 1. The van der Waals surface area contributed by atoms with Gasteiger partial charge < -0.3 is 14.2 Å². The van der Waals surface area contributed by atoms with Crippen LogP contribution in [0.25, 0.3) is 10.6 Å². The summed E-state index contributed by atoms with van der Waals surface area (Å²) in [7, 11) is 3.22. The van der Waals surface area contributed by atoms with Crippen molar-refractivity contribution in [3.63, 3.8) is 0 Å². The fourth-order valence-electron chi connectivity index (χ4n) is 2.28. The molecule has 25 heavy (non-hydrogen) atoms. The summed E-state index contributed by atoms with van der Waals surface area (Å²) in [6.45, 7) is 0.365. The van der Waals surface area contributed by atoms with Gasteiger partial charge in [0, 0.05) is 16.5 Å². The summed E-state index contributed by atoms with van der Waals surface area (Å²) in [5, 5.41) is 2.85. The molecule has 0 aliphatic carbocycles. The molecular formula is C19H17NO4S. The Balaban J connectivity index is 1.70. The van der Waals surface area contributed by atoms with E-state index < -0.39 is 0 Å². The molecule has 0 spiro atoms. The minimum atomic E-state index is 0.365. The Hall–Kier alpha value is -2.86. The Morgan fingerprint density at radius 3 is 2.48 bits per heavy atom. The second kappa shape index (κ2) is 7.81. The van der Waals surface area contributed by atoms with Gasteiger partial charge in [0.05, 0.1) is 19.9 Å². The minimum Gasteiger partial charge on any atom is -0.493 e. The maximum atomic E-state index is 10.7. The number of methoxy groups -OCH3 is 2. The van der Waals surface area contributed by atoms with Gasteiger partial charge in [-0.25, -0.2) is 4.98 Å². The molecule has 1 heterocycles. The lowest BCUT2D eigenvalue weighted by Crippen LogP contribution is -1.96. The van der Waals surface area contributed by atoms with Crippen LogP contribution < -0.4 is 14.2 Å². The smallest absolute Gasteiger partial charge is 0.161 e. The van der Waals surface area contributed by atoms with Crippen LogP contribution in [0.15, 0.2) is 47.8 Å². The summed E-state index contributed by atoms with van der Waals surface area (Å²) in [6.07, 6.45) is 0.805. The van der Waals surface area contributed by atoms with E-state index in [0.717, 1.165) is 22.6 Å². The van der Waals surface area contributed by atoms with E-state index in [1.54, 1.807) is 49.8 Å². The summed E-state index contributed by atoms with van der Waals surface area (Å²) in [5.41, 5.74) is 2.43. The van der Waals surface area contributed by atoms with Crippen molar-refractivity contribution >= 4 is 17.6 Å². The summed E-state index contributed by atoms with van der Waals surface area (Å²) < 4.78 is 16.3. The predicted octanol–water partition coefficient (Wildman–Crippen LogP) is 4.22. The fraction of sp³-hybridized carbons (Fsp3) is 0.158. The predicted molar refractivity (Wildman–Crippen MR) is 96.8 cm³/mol. The molecule has 0 atom stereocenters. The molecule has 128 valence electrons. The van der Waals surface area contributed by atoms with Crippen LogP contribution in [-0.2, 0) is 6.61 Å². The summed E-state index contributed by atoms with van der Waals surface area (Å²) >= 11 is 1.54. The molecule has 0 radical (unpaired) electrons. The first-order valence-electron chi connectivity index (χ1n) is 7.58. The molecule has 3 aromatic rings. The van der Waals surface area contributed by atoms with Gasteiger partial charge in [-0.15, -0.1) is 11.3 Å². The first-order valence-corrected chi connectivity index (χ1v) is 8.46. The van der Waals surface area contributed by atoms with E-state index in [2.05, 4.69) is 4.98 Å². The molecule has 3 rings (SSSR count). The SMILES string of the molecule is COc1ccc(-c2nc(COc3ccc(C=O)cc3)cs2)cc1OC. The zero-order valence-corrected chi connectivity index (χ0v) is 14.7. The molecule has 1 aromatic heterocycles. The van der Waals surface area contributed by atoms with Gasteiger partial charge in [-0.05, 0) is 42.5 Å². The van der Waals surface area contributed by atoms with Gasteiger partial charge in [0.25, 0.3) is 0 Å². The first-order chi connectivity index (χ1) is 12.2. The number of aldehydes is 1. The molecule has 6 heteroatoms. The summed E-state index contributed by atoms with van der Waals surface area (Å²) in [4.78, 5) is 15.3. The van der Waals surface area contributed by atoms with E-state index in [-0.39, 0.29) is 0 Å². The van der Waals surface area contributed by atoms with Gasteiger partial charge in [-0.3, -0.25) is 4.79 Å². The van der Waals surface area contributed by atoms with E-state index in [1.165, 1.54) is 0 Å². The Kier molecular flexibility index (Phi) is 5.30. The third-order valence-electron chi connectivity index (χ3n) is 3.59. The molecular weight excluding hydrogens is 338 g/mol. The highest BCUT2D eigenvalue weighted by atomic mass is 32.1. The van der Waals surface area contributed by atoms with Gasteiger partial charge in [-0.1, -0.05) is 0 Å². The van der Waals surface area contributed by atoms with Crippen LogP contribution in [0.4, 0.5) is 0 Å². The van der Waals surface area contributed by atoms with Crippen LogP contribution in [0.1, 0.15) is 16.1 Å². The quantitative estimate of drug-likeness (QED) is 0.594. The van der Waals surface area contributed by atoms with Crippen LogP contribution in [0.5, 0.6) is 17.2 Å². The molecule has 0 N–H and O–H groups in total. The standard InChI is InChI=1S/C19H17NO4S/c1-22-17-8-5-14(9-18(17)23-2)19-20-15(12-25-19)11-24-16-6-3-13(10-21)4-7-16/h3-10,12H,11H2,1-2H3. The lowest BCUT2D eigenvalue weighted by molar-refractivity contribution is 0.112. The molecule has 0 saturated carbocycles. The monoisotopic (exact) mass is 355 g/mol. The van der Waals surface area contributed by atoms with Gasteiger partial charge in [0.2, 0.25) is 0 Å². The average Bonchev–Trinajstić information content (AvgIpc) is 3.15. The lowest BCUT2D eigenvalue weighted by atomic mass is 10.2. The van der Waals surface area contributed by atoms with Crippen molar-refractivity contribution in [1.82, 2.24) is 4.98 Å². The number of hydrogen-bond donors (Lipinski definition) is 0. The lowest BCUT2D eigenvalue weighted by Gasteiger charge is -2.08. The van der Waals surface area contributed by atoms with Crippen LogP contribution in [0, 0.1) is 0 Å². The van der Waals surface area contributed by atoms with Crippen LogP contribution >= 0.6 is 11.3 Å². The Labute approximate surface area is 149 Å². The summed E-state index contributed by atoms with van der Waals surface area (Å²) in [6, 6.07) is 12.7. The third-order valence-corrected chi connectivity index (χ3v) is 4.53. The number of ether oxygens (including phenoxy) is 3. The molecule has 0 saturated heterocycles. The van der Waals surface area contributed by atoms with E-state index in [4.69, 9.17) is 14.2 Å². The van der Waals surface area contributed by atoms with Crippen LogP contribution in [-0.4, -0.2) is 25.5 Å². The van der Waals surface area contributed by atoms with Crippen molar-refractivity contribution in [1.29, 1.82) is 0 Å². The maximum Gasteiger partial charge on any atom is 0.161 e. The fourth-order valence-corrected chi connectivity index (χ4v) is 3.08. The van der Waals surface area contributed by atoms with Gasteiger partial charge in [0.15, 0.2) is 11.5 Å². The number of nitrogens with zero attached hydrogens (tertiary/aromatic N) is 1. The highest BCUT2D eigenvalue weighted by Crippen LogP contribution is 2.33. The normalized spacial score (nSPS) is 10.3. The van der Waals surface area contributed by atoms with Gasteiger partial charge >= 0.3 is 0 Å². The zero-order valence-electron chi connectivity index (χ0n) is 13.9. The number of thiazole rings is 1. The molecule has 0 aliphatic heterocycles. The van der Waals surface area contributed by atoms with E-state index in [0.29, 0.717) is 29.4 Å². The van der Waals surface area contributed by atoms with Crippen LogP contribution in [0.3, 0.4) is 0 Å². The number of rotatable bonds is 7. The van der Waals surface area contributed by atoms with E-state index >= 15 is 0 Å². The summed E-state index contributed by atoms with van der Waals surface area (Å²) in [5.74, 6) is 2.06. The van der Waals surface area contributed by atoms with E-state index in [9.17, 15) is 4.79 Å². The highest BCUT2D eigenvalue weighted by molar-refractivity contribution is 7.13. The van der Waals surface area contributed by atoms with Crippen molar-refractivity contribution in [2.75, 3.05) is 14.2 Å². The largest absolute Gasteiger partial charge is 0.493 e. The topological polar surface area (TPSA) is 57.7 Å². The van der Waals surface area contributed by atoms with Gasteiger partial charge in [0.1, 0.15) is 23.7 Å². The van der Waals surface area contributed by atoms with E-state index in [1.807, 2.05) is 23.6 Å².